The highest BCUT2D eigenvalue weighted by atomic mass is 16.4. The molecule has 0 aromatic carbocycles. The van der Waals surface area contributed by atoms with Crippen molar-refractivity contribution in [1.82, 2.24) is 16.0 Å². The molecule has 1 aliphatic carbocycles. The molecule has 4 N–H and O–H groups in total. The third kappa shape index (κ3) is 4.40. The van der Waals surface area contributed by atoms with Crippen molar-refractivity contribution >= 4 is 17.9 Å². The van der Waals surface area contributed by atoms with Gasteiger partial charge in [0.15, 0.2) is 0 Å². The molecule has 7 nitrogen and oxygen atoms in total. The Morgan fingerprint density at radius 2 is 1.95 bits per heavy atom. The fraction of sp³-hybridized carbons (Fsp3) is 0.769. The molecule has 0 spiro atoms. The van der Waals surface area contributed by atoms with Crippen molar-refractivity contribution in [2.45, 2.75) is 57.5 Å². The van der Waals surface area contributed by atoms with Crippen LogP contribution in [0.5, 0.6) is 0 Å². The van der Waals surface area contributed by atoms with Crippen LogP contribution in [0.1, 0.15) is 46.0 Å². The molecule has 1 saturated carbocycles. The van der Waals surface area contributed by atoms with Gasteiger partial charge in [-0.3, -0.25) is 4.79 Å². The van der Waals surface area contributed by atoms with Gasteiger partial charge >= 0.3 is 12.0 Å². The minimum atomic E-state index is -1.12. The molecule has 3 amide bonds. The molecule has 0 bridgehead atoms. The number of rotatable bonds is 7. The lowest BCUT2D eigenvalue weighted by Gasteiger charge is -2.38. The average Bonchev–Trinajstić information content (AvgIpc) is 2.33. The standard InChI is InChI=1S/C13H23N3O4/c1-3-9(2)15-10(17)5-8-14-12(20)16-13(11(18)19)6-4-7-13/h9H,3-8H2,1-2H3,(H,15,17)(H,18,19)(H2,14,16,20). The first-order valence-electron chi connectivity index (χ1n) is 6.98. The number of carboxylic acids is 1. The second-order valence-corrected chi connectivity index (χ2v) is 5.25. The van der Waals surface area contributed by atoms with Crippen LogP contribution in [-0.2, 0) is 9.59 Å². The lowest BCUT2D eigenvalue weighted by Crippen LogP contribution is -2.61. The molecule has 1 unspecified atom stereocenters. The smallest absolute Gasteiger partial charge is 0.329 e. The lowest BCUT2D eigenvalue weighted by atomic mass is 9.77. The summed E-state index contributed by atoms with van der Waals surface area (Å²) in [5.74, 6) is -1.13. The summed E-state index contributed by atoms with van der Waals surface area (Å²) in [7, 11) is 0. The van der Waals surface area contributed by atoms with Crippen molar-refractivity contribution in [2.75, 3.05) is 6.54 Å². The molecule has 0 saturated heterocycles. The summed E-state index contributed by atoms with van der Waals surface area (Å²) < 4.78 is 0. The van der Waals surface area contributed by atoms with E-state index in [9.17, 15) is 14.4 Å². The fourth-order valence-electron chi connectivity index (χ4n) is 1.92. The van der Waals surface area contributed by atoms with E-state index in [-0.39, 0.29) is 24.9 Å². The van der Waals surface area contributed by atoms with Crippen LogP contribution in [0.4, 0.5) is 4.79 Å². The molecular formula is C13H23N3O4. The van der Waals surface area contributed by atoms with Crippen LogP contribution in [0.3, 0.4) is 0 Å². The molecule has 0 heterocycles. The quantitative estimate of drug-likeness (QED) is 0.549. The highest BCUT2D eigenvalue weighted by molar-refractivity contribution is 5.87. The van der Waals surface area contributed by atoms with Crippen LogP contribution in [-0.4, -0.2) is 41.1 Å². The molecule has 0 aromatic heterocycles. The molecular weight excluding hydrogens is 262 g/mol. The van der Waals surface area contributed by atoms with E-state index in [2.05, 4.69) is 16.0 Å². The van der Waals surface area contributed by atoms with Crippen molar-refractivity contribution in [3.8, 4) is 0 Å². The number of carbonyl (C=O) groups excluding carboxylic acids is 2. The molecule has 114 valence electrons. The summed E-state index contributed by atoms with van der Waals surface area (Å²) in [6.07, 6.45) is 2.72. The predicted octanol–water partition coefficient (Wildman–Crippen LogP) is 0.598. The average molecular weight is 285 g/mol. The van der Waals surface area contributed by atoms with Crippen molar-refractivity contribution < 1.29 is 19.5 Å². The zero-order valence-corrected chi connectivity index (χ0v) is 12.0. The highest BCUT2D eigenvalue weighted by Gasteiger charge is 2.45. The number of carbonyl (C=O) groups is 3. The van der Waals surface area contributed by atoms with Gasteiger partial charge in [-0.1, -0.05) is 6.92 Å². The monoisotopic (exact) mass is 285 g/mol. The van der Waals surface area contributed by atoms with Crippen molar-refractivity contribution in [1.29, 1.82) is 0 Å². The first-order chi connectivity index (χ1) is 9.39. The van der Waals surface area contributed by atoms with Crippen LogP contribution < -0.4 is 16.0 Å². The fourth-order valence-corrected chi connectivity index (χ4v) is 1.92. The molecule has 0 aromatic rings. The van der Waals surface area contributed by atoms with Crippen molar-refractivity contribution in [2.24, 2.45) is 0 Å². The minimum Gasteiger partial charge on any atom is -0.480 e. The Morgan fingerprint density at radius 3 is 2.40 bits per heavy atom. The second kappa shape index (κ2) is 7.12. The second-order valence-electron chi connectivity index (χ2n) is 5.25. The van der Waals surface area contributed by atoms with Crippen LogP contribution >= 0.6 is 0 Å². The summed E-state index contributed by atoms with van der Waals surface area (Å²) in [5, 5.41) is 16.8. The molecule has 7 heteroatoms. The molecule has 20 heavy (non-hydrogen) atoms. The Kier molecular flexibility index (Phi) is 5.79. The van der Waals surface area contributed by atoms with Gasteiger partial charge in [-0.2, -0.15) is 0 Å². The zero-order valence-electron chi connectivity index (χ0n) is 12.0. The van der Waals surface area contributed by atoms with E-state index in [0.29, 0.717) is 12.8 Å². The maximum Gasteiger partial charge on any atom is 0.329 e. The number of aliphatic carboxylic acids is 1. The number of nitrogens with one attached hydrogen (secondary N) is 3. The van der Waals surface area contributed by atoms with Crippen LogP contribution in [0, 0.1) is 0 Å². The minimum absolute atomic E-state index is 0.113. The van der Waals surface area contributed by atoms with E-state index >= 15 is 0 Å². The van der Waals surface area contributed by atoms with Gasteiger partial charge in [0.05, 0.1) is 0 Å². The third-order valence-electron chi connectivity index (χ3n) is 3.63. The first kappa shape index (κ1) is 16.3. The van der Waals surface area contributed by atoms with E-state index in [1.165, 1.54) is 0 Å². The maximum atomic E-state index is 11.6. The summed E-state index contributed by atoms with van der Waals surface area (Å²) in [6, 6.07) is -0.426. The normalized spacial score (nSPS) is 17.5. The van der Waals surface area contributed by atoms with E-state index in [1.54, 1.807) is 0 Å². The van der Waals surface area contributed by atoms with Gasteiger partial charge in [-0.25, -0.2) is 9.59 Å². The Morgan fingerprint density at radius 1 is 1.30 bits per heavy atom. The van der Waals surface area contributed by atoms with Gasteiger partial charge in [-0.15, -0.1) is 0 Å². The Bertz CT molecular complexity index is 380. The number of urea groups is 1. The number of hydrogen-bond acceptors (Lipinski definition) is 3. The summed E-state index contributed by atoms with van der Waals surface area (Å²) in [6.45, 7) is 4.07. The number of carboxylic acid groups (broad SMARTS) is 1. The van der Waals surface area contributed by atoms with E-state index < -0.39 is 17.5 Å². The van der Waals surface area contributed by atoms with Crippen LogP contribution in [0.25, 0.3) is 0 Å². The van der Waals surface area contributed by atoms with Crippen molar-refractivity contribution in [3.05, 3.63) is 0 Å². The molecule has 1 fully saturated rings. The van der Waals surface area contributed by atoms with E-state index in [0.717, 1.165) is 12.8 Å². The van der Waals surface area contributed by atoms with Gasteiger partial charge in [0, 0.05) is 19.0 Å². The largest absolute Gasteiger partial charge is 0.480 e. The highest BCUT2D eigenvalue weighted by Crippen LogP contribution is 2.31. The molecule has 0 aliphatic heterocycles. The SMILES string of the molecule is CCC(C)NC(=O)CCNC(=O)NC1(C(=O)O)CCC1. The number of amides is 3. The molecule has 0 radical (unpaired) electrons. The number of hydrogen-bond donors (Lipinski definition) is 4. The lowest BCUT2D eigenvalue weighted by molar-refractivity contribution is -0.148. The Hall–Kier alpha value is -1.79. The Balaban J connectivity index is 2.23. The van der Waals surface area contributed by atoms with Crippen LogP contribution in [0.2, 0.25) is 0 Å². The topological polar surface area (TPSA) is 108 Å². The van der Waals surface area contributed by atoms with Crippen molar-refractivity contribution in [3.63, 3.8) is 0 Å². The van der Waals surface area contributed by atoms with Gasteiger partial charge in [0.25, 0.3) is 0 Å². The zero-order chi connectivity index (χ0) is 15.2. The first-order valence-corrected chi connectivity index (χ1v) is 6.98. The third-order valence-corrected chi connectivity index (χ3v) is 3.63. The summed E-state index contributed by atoms with van der Waals surface area (Å²) in [5.41, 5.74) is -1.12. The van der Waals surface area contributed by atoms with Gasteiger partial charge < -0.3 is 21.1 Å². The van der Waals surface area contributed by atoms with E-state index in [4.69, 9.17) is 5.11 Å². The summed E-state index contributed by atoms with van der Waals surface area (Å²) >= 11 is 0. The molecule has 1 aliphatic rings. The Labute approximate surface area is 118 Å². The van der Waals surface area contributed by atoms with Crippen LogP contribution in [0.15, 0.2) is 0 Å². The summed E-state index contributed by atoms with van der Waals surface area (Å²) in [4.78, 5) is 34.1. The predicted molar refractivity (Wildman–Crippen MR) is 73.3 cm³/mol. The molecule has 1 rings (SSSR count). The maximum absolute atomic E-state index is 11.6. The van der Waals surface area contributed by atoms with E-state index in [1.807, 2.05) is 13.8 Å². The van der Waals surface area contributed by atoms with Gasteiger partial charge in [0.2, 0.25) is 5.91 Å². The van der Waals surface area contributed by atoms with Gasteiger partial charge in [-0.05, 0) is 32.6 Å². The molecule has 1 atom stereocenters. The van der Waals surface area contributed by atoms with Gasteiger partial charge in [0.1, 0.15) is 5.54 Å².